The lowest BCUT2D eigenvalue weighted by Crippen LogP contribution is -2.61. The van der Waals surface area contributed by atoms with Crippen molar-refractivity contribution in [1.29, 1.82) is 0 Å². The molecular formula is C43H43F5N6O3. The number of fused-ring (bicyclic) bond motifs is 2. The molecule has 4 aromatic rings. The molecule has 3 unspecified atom stereocenters. The Morgan fingerprint density at radius 2 is 1.68 bits per heavy atom. The number of terminal acetylenes is 2. The van der Waals surface area contributed by atoms with E-state index in [1.807, 2.05) is 18.7 Å². The number of amides is 1. The van der Waals surface area contributed by atoms with Crippen LogP contribution >= 0.6 is 0 Å². The lowest BCUT2D eigenvalue weighted by Gasteiger charge is -2.47. The Bertz CT molecular complexity index is 2330. The summed E-state index contributed by atoms with van der Waals surface area (Å²) in [6.07, 6.45) is 14.1. The zero-order chi connectivity index (χ0) is 40.4. The second-order valence-corrected chi connectivity index (χ2v) is 16.0. The van der Waals surface area contributed by atoms with Gasteiger partial charge < -0.3 is 24.5 Å². The maximum Gasteiger partial charge on any atom is 0.319 e. The molecule has 4 aliphatic rings. The van der Waals surface area contributed by atoms with Gasteiger partial charge in [0.15, 0.2) is 5.82 Å². The molecule has 2 aromatic carbocycles. The fourth-order valence-electron chi connectivity index (χ4n) is 8.64. The van der Waals surface area contributed by atoms with Crippen LogP contribution in [0.4, 0.5) is 27.8 Å². The van der Waals surface area contributed by atoms with Crippen LogP contribution in [0.1, 0.15) is 70.1 Å². The first kappa shape index (κ1) is 38.7. The van der Waals surface area contributed by atoms with Crippen LogP contribution in [0, 0.1) is 47.7 Å². The van der Waals surface area contributed by atoms with Crippen molar-refractivity contribution >= 4 is 33.4 Å². The van der Waals surface area contributed by atoms with Crippen LogP contribution in [0.15, 0.2) is 24.3 Å². The molecule has 2 saturated heterocycles. The van der Waals surface area contributed by atoms with Crippen molar-refractivity contribution in [3.63, 3.8) is 0 Å². The summed E-state index contributed by atoms with van der Waals surface area (Å²) in [7, 11) is 0. The third kappa shape index (κ3) is 7.07. The predicted molar refractivity (Wildman–Crippen MR) is 206 cm³/mol. The number of nitrogens with zero attached hydrogens (tertiary/aromatic N) is 6. The van der Waals surface area contributed by atoms with Gasteiger partial charge in [0.05, 0.1) is 17.6 Å². The molecule has 0 spiro atoms. The van der Waals surface area contributed by atoms with Crippen LogP contribution in [0.25, 0.3) is 32.9 Å². The van der Waals surface area contributed by atoms with Crippen LogP contribution in [-0.4, -0.2) is 99.3 Å². The summed E-state index contributed by atoms with van der Waals surface area (Å²) in [6.45, 7) is 6.30. The minimum atomic E-state index is -3.03. The maximum atomic E-state index is 17.4. The first-order valence-corrected chi connectivity index (χ1v) is 19.5. The number of aromatic hydroxyl groups is 1. The number of pyridine rings is 1. The highest BCUT2D eigenvalue weighted by atomic mass is 19.3. The molecule has 57 heavy (non-hydrogen) atoms. The normalized spacial score (nSPS) is 23.0. The van der Waals surface area contributed by atoms with Crippen LogP contribution in [0.5, 0.6) is 11.8 Å². The molecule has 1 N–H and O–H groups in total. The number of ether oxygens (including phenoxy) is 1. The number of alkyl halides is 3. The third-order valence-electron chi connectivity index (χ3n) is 12.1. The van der Waals surface area contributed by atoms with E-state index in [0.29, 0.717) is 50.7 Å². The topological polar surface area (TPSA) is 94.9 Å². The zero-order valence-corrected chi connectivity index (χ0v) is 31.8. The third-order valence-corrected chi connectivity index (χ3v) is 12.1. The monoisotopic (exact) mass is 786 g/mol. The summed E-state index contributed by atoms with van der Waals surface area (Å²) in [5.74, 6) is -1.80. The Morgan fingerprint density at radius 1 is 1.00 bits per heavy atom. The van der Waals surface area contributed by atoms with Crippen LogP contribution in [-0.2, 0) is 4.79 Å². The number of piperidine rings is 1. The van der Waals surface area contributed by atoms with E-state index in [1.165, 1.54) is 18.2 Å². The summed E-state index contributed by atoms with van der Waals surface area (Å²) in [6, 6.07) is 4.09. The lowest BCUT2D eigenvalue weighted by molar-refractivity contribution is -0.141. The Kier molecular flexibility index (Phi) is 9.92. The van der Waals surface area contributed by atoms with E-state index in [9.17, 15) is 23.1 Å². The van der Waals surface area contributed by atoms with Crippen LogP contribution in [0.2, 0.25) is 0 Å². The Morgan fingerprint density at radius 3 is 2.28 bits per heavy atom. The number of halogens is 5. The van der Waals surface area contributed by atoms with Gasteiger partial charge in [0.2, 0.25) is 5.91 Å². The van der Waals surface area contributed by atoms with E-state index >= 15 is 8.78 Å². The standard InChI is InChI=1S/C43H43F5N6O3/c1-5-26-20-53(21-27(6-2)54(26)40(56)31-19-43(31,47)48)39-35-33(8-4)49-37(30-18-28(55)17-24-9-10-32(45)29(7-3)34(24)30)36(46)38(35)50-41(51-39)57-23-42(13-14-42)22-52-15-11-25(44)12-16-52/h3-4,9-10,17-18,25-27,31,55H,5-6,11-16,19-23H2,1-2H3. The predicted octanol–water partition coefficient (Wildman–Crippen LogP) is 7.25. The van der Waals surface area contributed by atoms with Crippen molar-refractivity contribution in [1.82, 2.24) is 24.8 Å². The summed E-state index contributed by atoms with van der Waals surface area (Å²) in [5.41, 5.74) is -1.01. The van der Waals surface area contributed by atoms with Gasteiger partial charge in [-0.15, -0.1) is 12.8 Å². The molecule has 2 aromatic heterocycles. The second kappa shape index (κ2) is 14.6. The summed E-state index contributed by atoms with van der Waals surface area (Å²) >= 11 is 0. The van der Waals surface area contributed by atoms with E-state index in [0.717, 1.165) is 18.9 Å². The second-order valence-electron chi connectivity index (χ2n) is 16.0. The van der Waals surface area contributed by atoms with Crippen molar-refractivity contribution in [3.8, 4) is 47.7 Å². The van der Waals surface area contributed by atoms with Crippen molar-refractivity contribution in [2.45, 2.75) is 83.0 Å². The number of piperazine rings is 1. The molecule has 4 fully saturated rings. The maximum absolute atomic E-state index is 17.4. The van der Waals surface area contributed by atoms with Gasteiger partial charge in [0, 0.05) is 67.6 Å². The van der Waals surface area contributed by atoms with Crippen LogP contribution < -0.4 is 9.64 Å². The number of carbonyl (C=O) groups is 1. The van der Waals surface area contributed by atoms with E-state index in [4.69, 9.17) is 22.6 Å². The molecule has 8 rings (SSSR count). The Balaban J connectivity index is 1.25. The molecule has 2 aliphatic carbocycles. The zero-order valence-electron chi connectivity index (χ0n) is 31.8. The minimum Gasteiger partial charge on any atom is -0.508 e. The Labute approximate surface area is 327 Å². The quantitative estimate of drug-likeness (QED) is 0.133. The number of benzene rings is 2. The number of hydrogen-bond donors (Lipinski definition) is 1. The van der Waals surface area contributed by atoms with Gasteiger partial charge in [-0.3, -0.25) is 4.79 Å². The van der Waals surface area contributed by atoms with Crippen molar-refractivity contribution < 1.29 is 36.6 Å². The average Bonchev–Trinajstić information content (AvgIpc) is 4.12. The van der Waals surface area contributed by atoms with Gasteiger partial charge in [0.1, 0.15) is 46.4 Å². The first-order valence-electron chi connectivity index (χ1n) is 19.5. The largest absolute Gasteiger partial charge is 0.508 e. The van der Waals surface area contributed by atoms with Gasteiger partial charge >= 0.3 is 6.01 Å². The van der Waals surface area contributed by atoms with E-state index < -0.39 is 54.1 Å². The fourth-order valence-corrected chi connectivity index (χ4v) is 8.64. The Hall–Kier alpha value is -5.21. The molecule has 298 valence electrons. The van der Waals surface area contributed by atoms with Gasteiger partial charge in [-0.05, 0) is 68.0 Å². The number of anilines is 1. The molecular weight excluding hydrogens is 744 g/mol. The van der Waals surface area contributed by atoms with Gasteiger partial charge in [-0.1, -0.05) is 25.8 Å². The van der Waals surface area contributed by atoms with Gasteiger partial charge in [-0.25, -0.2) is 26.9 Å². The lowest BCUT2D eigenvalue weighted by atomic mass is 9.95. The molecule has 14 heteroatoms. The van der Waals surface area contributed by atoms with Gasteiger partial charge in [0.25, 0.3) is 5.92 Å². The molecule has 1 amide bonds. The highest BCUT2D eigenvalue weighted by Gasteiger charge is 2.63. The number of carbonyl (C=O) groups excluding carboxylic acids is 1. The van der Waals surface area contributed by atoms with E-state index in [1.54, 1.807) is 4.90 Å². The number of likely N-dealkylation sites (tertiary alicyclic amines) is 1. The molecule has 4 heterocycles. The molecule has 2 aliphatic heterocycles. The summed E-state index contributed by atoms with van der Waals surface area (Å²) in [5, 5.41) is 11.3. The minimum absolute atomic E-state index is 0.00828. The summed E-state index contributed by atoms with van der Waals surface area (Å²) < 4.78 is 81.0. The molecule has 9 nitrogen and oxygen atoms in total. The SMILES string of the molecule is C#Cc1c(F)ccc2cc(O)cc(-c3nc(C#C)c4c(N5CC(CC)N(C(=O)C6CC6(F)F)C(CC)C5)nc(OCC5(CN6CCC(F)CC6)CC5)nc4c3F)c12. The van der Waals surface area contributed by atoms with Crippen molar-refractivity contribution in [2.24, 2.45) is 11.3 Å². The smallest absolute Gasteiger partial charge is 0.319 e. The molecule has 0 bridgehead atoms. The summed E-state index contributed by atoms with van der Waals surface area (Å²) in [4.78, 5) is 33.1. The number of phenolic OH excluding ortho intramolecular Hbond substituents is 1. The van der Waals surface area contributed by atoms with Crippen molar-refractivity contribution in [3.05, 3.63) is 47.2 Å². The molecule has 2 saturated carbocycles. The molecule has 3 atom stereocenters. The van der Waals surface area contributed by atoms with Crippen LogP contribution in [0.3, 0.4) is 0 Å². The van der Waals surface area contributed by atoms with Crippen molar-refractivity contribution in [2.75, 3.05) is 44.2 Å². The first-order chi connectivity index (χ1) is 27.3. The van der Waals surface area contributed by atoms with Gasteiger partial charge in [-0.2, -0.15) is 9.97 Å². The fraction of sp³-hybridized carbons (Fsp3) is 0.488. The molecule has 0 radical (unpaired) electrons. The number of aromatic nitrogens is 3. The average molecular weight is 787 g/mol. The van der Waals surface area contributed by atoms with E-state index in [-0.39, 0.29) is 81.5 Å². The highest BCUT2D eigenvalue weighted by molar-refractivity contribution is 6.04. The highest BCUT2D eigenvalue weighted by Crippen LogP contribution is 2.51. The number of phenols is 1. The van der Waals surface area contributed by atoms with E-state index in [2.05, 4.69) is 26.7 Å². The number of hydrogen-bond acceptors (Lipinski definition) is 8. The number of rotatable bonds is 10.